The zero-order valence-corrected chi connectivity index (χ0v) is 6.29. The monoisotopic (exact) mass is 149 g/mol. The smallest absolute Gasteiger partial charge is 0.0955 e. The highest BCUT2D eigenvalue weighted by atomic mass is 16.5. The van der Waals surface area contributed by atoms with Crippen LogP contribution in [0.15, 0.2) is 24.3 Å². The molecule has 58 valence electrons. The van der Waals surface area contributed by atoms with Crippen LogP contribution >= 0.6 is 0 Å². The third-order valence-electron chi connectivity index (χ3n) is 2.06. The Morgan fingerprint density at radius 3 is 3.09 bits per heavy atom. The summed E-state index contributed by atoms with van der Waals surface area (Å²) in [4.78, 5) is 0. The van der Waals surface area contributed by atoms with E-state index in [4.69, 9.17) is 10.5 Å². The second kappa shape index (κ2) is 2.64. The quantitative estimate of drug-likeness (QED) is 0.651. The summed E-state index contributed by atoms with van der Waals surface area (Å²) in [5.74, 6) is 0. The van der Waals surface area contributed by atoms with Crippen molar-refractivity contribution in [3.8, 4) is 0 Å². The summed E-state index contributed by atoms with van der Waals surface area (Å²) in [6.07, 6.45) is 0.131. The van der Waals surface area contributed by atoms with Crippen molar-refractivity contribution in [2.75, 3.05) is 6.54 Å². The maximum Gasteiger partial charge on any atom is 0.0955 e. The zero-order valence-electron chi connectivity index (χ0n) is 6.29. The summed E-state index contributed by atoms with van der Waals surface area (Å²) < 4.78 is 5.45. The van der Waals surface area contributed by atoms with Gasteiger partial charge in [-0.3, -0.25) is 0 Å². The molecular formula is C9H11NO. The van der Waals surface area contributed by atoms with Crippen LogP contribution in [0.3, 0.4) is 0 Å². The molecule has 2 rings (SSSR count). The first-order valence-electron chi connectivity index (χ1n) is 3.81. The summed E-state index contributed by atoms with van der Waals surface area (Å²) in [7, 11) is 0. The molecule has 0 saturated carbocycles. The van der Waals surface area contributed by atoms with Crippen LogP contribution in [-0.4, -0.2) is 6.54 Å². The number of benzene rings is 1. The van der Waals surface area contributed by atoms with E-state index in [0.717, 1.165) is 6.61 Å². The average molecular weight is 149 g/mol. The molecule has 1 aliphatic heterocycles. The third-order valence-corrected chi connectivity index (χ3v) is 2.06. The van der Waals surface area contributed by atoms with Crippen LogP contribution in [0.1, 0.15) is 17.2 Å². The fourth-order valence-electron chi connectivity index (χ4n) is 1.45. The molecule has 2 N–H and O–H groups in total. The van der Waals surface area contributed by atoms with Gasteiger partial charge in [-0.05, 0) is 11.1 Å². The van der Waals surface area contributed by atoms with Gasteiger partial charge in [-0.15, -0.1) is 0 Å². The van der Waals surface area contributed by atoms with Crippen LogP contribution in [0.4, 0.5) is 0 Å². The maximum atomic E-state index is 5.52. The standard InChI is InChI=1S/C9H11NO/c10-5-9-8-4-2-1-3-7(8)6-11-9/h1-4,9H,5-6,10H2/t9-/m1/s1. The lowest BCUT2D eigenvalue weighted by atomic mass is 10.1. The Morgan fingerprint density at radius 1 is 1.45 bits per heavy atom. The fourth-order valence-corrected chi connectivity index (χ4v) is 1.45. The van der Waals surface area contributed by atoms with E-state index >= 15 is 0 Å². The second-order valence-corrected chi connectivity index (χ2v) is 2.73. The molecule has 0 aromatic heterocycles. The molecule has 0 spiro atoms. The minimum atomic E-state index is 0.131. The first kappa shape index (κ1) is 6.83. The molecule has 0 fully saturated rings. The van der Waals surface area contributed by atoms with Crippen molar-refractivity contribution in [1.29, 1.82) is 0 Å². The maximum absolute atomic E-state index is 5.52. The SMILES string of the molecule is NC[C@H]1OCc2ccccc21. The van der Waals surface area contributed by atoms with Gasteiger partial charge in [-0.2, -0.15) is 0 Å². The van der Waals surface area contributed by atoms with Crippen LogP contribution in [0.2, 0.25) is 0 Å². The minimum absolute atomic E-state index is 0.131. The molecule has 0 saturated heterocycles. The van der Waals surface area contributed by atoms with Gasteiger partial charge < -0.3 is 10.5 Å². The Morgan fingerprint density at radius 2 is 2.27 bits per heavy atom. The average Bonchev–Trinajstić information content (AvgIpc) is 2.47. The van der Waals surface area contributed by atoms with Gasteiger partial charge in [-0.1, -0.05) is 24.3 Å². The van der Waals surface area contributed by atoms with E-state index in [1.54, 1.807) is 0 Å². The van der Waals surface area contributed by atoms with Crippen molar-refractivity contribution in [1.82, 2.24) is 0 Å². The number of hydrogen-bond donors (Lipinski definition) is 1. The van der Waals surface area contributed by atoms with E-state index in [-0.39, 0.29) is 6.10 Å². The molecular weight excluding hydrogens is 138 g/mol. The molecule has 1 aliphatic rings. The second-order valence-electron chi connectivity index (χ2n) is 2.73. The van der Waals surface area contributed by atoms with E-state index < -0.39 is 0 Å². The molecule has 1 atom stereocenters. The molecule has 1 aromatic rings. The molecule has 2 heteroatoms. The molecule has 0 unspecified atom stereocenters. The number of ether oxygens (including phenoxy) is 1. The van der Waals surface area contributed by atoms with E-state index in [9.17, 15) is 0 Å². The lowest BCUT2D eigenvalue weighted by Crippen LogP contribution is -2.10. The summed E-state index contributed by atoms with van der Waals surface area (Å²) in [5, 5.41) is 0. The Labute approximate surface area is 66.0 Å². The first-order chi connectivity index (χ1) is 5.42. The van der Waals surface area contributed by atoms with E-state index in [2.05, 4.69) is 12.1 Å². The van der Waals surface area contributed by atoms with Gasteiger partial charge >= 0.3 is 0 Å². The van der Waals surface area contributed by atoms with Crippen LogP contribution in [0, 0.1) is 0 Å². The predicted molar refractivity (Wildman–Crippen MR) is 43.0 cm³/mol. The third kappa shape index (κ3) is 1.04. The van der Waals surface area contributed by atoms with Crippen molar-refractivity contribution in [2.45, 2.75) is 12.7 Å². The molecule has 0 amide bonds. The molecule has 2 nitrogen and oxygen atoms in total. The lowest BCUT2D eigenvalue weighted by Gasteiger charge is -2.05. The van der Waals surface area contributed by atoms with Crippen molar-refractivity contribution in [3.05, 3.63) is 35.4 Å². The van der Waals surface area contributed by atoms with Gasteiger partial charge in [0, 0.05) is 6.54 Å². The Bertz CT molecular complexity index is 259. The summed E-state index contributed by atoms with van der Waals surface area (Å²) >= 11 is 0. The topological polar surface area (TPSA) is 35.2 Å². The van der Waals surface area contributed by atoms with Gasteiger partial charge in [0.05, 0.1) is 12.7 Å². The van der Waals surface area contributed by atoms with Gasteiger partial charge in [0.2, 0.25) is 0 Å². The Kier molecular flexibility index (Phi) is 1.64. The van der Waals surface area contributed by atoms with Crippen LogP contribution in [0.25, 0.3) is 0 Å². The van der Waals surface area contributed by atoms with Gasteiger partial charge in [0.25, 0.3) is 0 Å². The summed E-state index contributed by atoms with van der Waals surface area (Å²) in [6.45, 7) is 1.30. The van der Waals surface area contributed by atoms with Crippen molar-refractivity contribution < 1.29 is 4.74 Å². The largest absolute Gasteiger partial charge is 0.368 e. The van der Waals surface area contributed by atoms with Crippen molar-refractivity contribution >= 4 is 0 Å². The highest BCUT2D eigenvalue weighted by Crippen LogP contribution is 2.28. The number of hydrogen-bond acceptors (Lipinski definition) is 2. The van der Waals surface area contributed by atoms with Gasteiger partial charge in [0.1, 0.15) is 0 Å². The van der Waals surface area contributed by atoms with E-state index in [1.807, 2.05) is 12.1 Å². The minimum Gasteiger partial charge on any atom is -0.368 e. The van der Waals surface area contributed by atoms with Crippen molar-refractivity contribution in [3.63, 3.8) is 0 Å². The van der Waals surface area contributed by atoms with E-state index in [0.29, 0.717) is 6.54 Å². The number of nitrogens with two attached hydrogens (primary N) is 1. The molecule has 0 bridgehead atoms. The Balaban J connectivity index is 2.39. The van der Waals surface area contributed by atoms with Crippen LogP contribution < -0.4 is 5.73 Å². The highest BCUT2D eigenvalue weighted by molar-refractivity contribution is 5.31. The normalized spacial score (nSPS) is 21.7. The number of fused-ring (bicyclic) bond motifs is 1. The Hall–Kier alpha value is -0.860. The summed E-state index contributed by atoms with van der Waals surface area (Å²) in [5.41, 5.74) is 8.06. The fraction of sp³-hybridized carbons (Fsp3) is 0.333. The highest BCUT2D eigenvalue weighted by Gasteiger charge is 2.20. The molecule has 1 heterocycles. The predicted octanol–water partition coefficient (Wildman–Crippen LogP) is 1.22. The van der Waals surface area contributed by atoms with Gasteiger partial charge in [-0.25, -0.2) is 0 Å². The van der Waals surface area contributed by atoms with E-state index in [1.165, 1.54) is 11.1 Å². The molecule has 0 radical (unpaired) electrons. The summed E-state index contributed by atoms with van der Waals surface area (Å²) in [6, 6.07) is 8.22. The molecule has 0 aliphatic carbocycles. The zero-order chi connectivity index (χ0) is 7.68. The first-order valence-corrected chi connectivity index (χ1v) is 3.81. The number of rotatable bonds is 1. The molecule has 11 heavy (non-hydrogen) atoms. The van der Waals surface area contributed by atoms with Crippen LogP contribution in [-0.2, 0) is 11.3 Å². The lowest BCUT2D eigenvalue weighted by molar-refractivity contribution is 0.0723. The van der Waals surface area contributed by atoms with Crippen molar-refractivity contribution in [2.24, 2.45) is 5.73 Å². The van der Waals surface area contributed by atoms with Crippen LogP contribution in [0.5, 0.6) is 0 Å². The van der Waals surface area contributed by atoms with Gasteiger partial charge in [0.15, 0.2) is 0 Å². The molecule has 1 aromatic carbocycles.